The van der Waals surface area contributed by atoms with E-state index < -0.39 is 0 Å². The van der Waals surface area contributed by atoms with Crippen molar-refractivity contribution in [1.82, 2.24) is 9.78 Å². The highest BCUT2D eigenvalue weighted by Gasteiger charge is 2.03. The summed E-state index contributed by atoms with van der Waals surface area (Å²) >= 11 is 3.23. The second kappa shape index (κ2) is 4.25. The topological polar surface area (TPSA) is 44.1 Å². The van der Waals surface area contributed by atoms with E-state index in [9.17, 15) is 4.79 Å². The Bertz CT molecular complexity index is 272. The molecule has 0 saturated carbocycles. The molecule has 5 heteroatoms. The lowest BCUT2D eigenvalue weighted by Gasteiger charge is -2.00. The third-order valence-electron chi connectivity index (χ3n) is 1.20. The van der Waals surface area contributed by atoms with Crippen molar-refractivity contribution in [2.45, 2.75) is 13.5 Å². The summed E-state index contributed by atoms with van der Waals surface area (Å²) in [5, 5.41) is 3.91. The predicted octanol–water partition coefficient (Wildman–Crippen LogP) is 1.21. The van der Waals surface area contributed by atoms with Crippen LogP contribution in [0, 0.1) is 0 Å². The smallest absolute Gasteiger partial charge is 0.327 e. The van der Waals surface area contributed by atoms with Gasteiger partial charge in [0.2, 0.25) is 0 Å². The number of nitrogens with zero attached hydrogens (tertiary/aromatic N) is 2. The van der Waals surface area contributed by atoms with Gasteiger partial charge >= 0.3 is 5.97 Å². The zero-order valence-corrected chi connectivity index (χ0v) is 8.24. The van der Waals surface area contributed by atoms with E-state index >= 15 is 0 Å². The zero-order chi connectivity index (χ0) is 8.97. The van der Waals surface area contributed by atoms with Gasteiger partial charge in [0.05, 0.1) is 17.3 Å². The number of aromatic nitrogens is 2. The van der Waals surface area contributed by atoms with Crippen molar-refractivity contribution in [2.24, 2.45) is 0 Å². The monoisotopic (exact) mass is 232 g/mol. The fraction of sp³-hybridized carbons (Fsp3) is 0.429. The molecule has 1 aromatic rings. The number of halogens is 1. The molecule has 0 aromatic carbocycles. The number of rotatable bonds is 3. The minimum absolute atomic E-state index is 0.166. The van der Waals surface area contributed by atoms with Gasteiger partial charge in [0, 0.05) is 6.20 Å². The van der Waals surface area contributed by atoms with Crippen LogP contribution in [0.5, 0.6) is 0 Å². The first-order chi connectivity index (χ1) is 5.72. The van der Waals surface area contributed by atoms with E-state index in [-0.39, 0.29) is 12.5 Å². The van der Waals surface area contributed by atoms with Gasteiger partial charge in [0.15, 0.2) is 0 Å². The molecule has 0 amide bonds. The minimum atomic E-state index is -0.270. The highest BCUT2D eigenvalue weighted by molar-refractivity contribution is 9.10. The normalized spacial score (nSPS) is 9.83. The molecular formula is C7H9BrN2O2. The summed E-state index contributed by atoms with van der Waals surface area (Å²) in [5.74, 6) is -0.270. The molecular weight excluding hydrogens is 224 g/mol. The van der Waals surface area contributed by atoms with Crippen molar-refractivity contribution in [3.05, 3.63) is 16.9 Å². The van der Waals surface area contributed by atoms with Crippen LogP contribution in [-0.2, 0) is 16.1 Å². The molecule has 0 spiro atoms. The Morgan fingerprint density at radius 2 is 2.58 bits per heavy atom. The third kappa shape index (κ3) is 2.65. The Morgan fingerprint density at radius 1 is 1.83 bits per heavy atom. The molecule has 0 aliphatic carbocycles. The first kappa shape index (κ1) is 9.25. The Kier molecular flexibility index (Phi) is 3.28. The Balaban J connectivity index is 2.46. The van der Waals surface area contributed by atoms with Crippen LogP contribution in [0.15, 0.2) is 16.9 Å². The minimum Gasteiger partial charge on any atom is -0.465 e. The van der Waals surface area contributed by atoms with E-state index in [1.807, 2.05) is 0 Å². The number of hydrogen-bond acceptors (Lipinski definition) is 3. The number of esters is 1. The van der Waals surface area contributed by atoms with Gasteiger partial charge in [-0.05, 0) is 22.9 Å². The van der Waals surface area contributed by atoms with Crippen LogP contribution in [0.4, 0.5) is 0 Å². The standard InChI is InChI=1S/C7H9BrN2O2/c1-2-12-7(11)5-10-4-6(8)3-9-10/h3-4H,2,5H2,1H3. The molecule has 12 heavy (non-hydrogen) atoms. The van der Waals surface area contributed by atoms with Gasteiger partial charge in [-0.2, -0.15) is 5.10 Å². The average Bonchev–Trinajstić information content (AvgIpc) is 2.36. The van der Waals surface area contributed by atoms with Crippen LogP contribution < -0.4 is 0 Å². The molecule has 0 N–H and O–H groups in total. The van der Waals surface area contributed by atoms with Gasteiger partial charge in [-0.25, -0.2) is 0 Å². The van der Waals surface area contributed by atoms with E-state index in [1.54, 1.807) is 19.3 Å². The molecule has 0 saturated heterocycles. The molecule has 66 valence electrons. The Morgan fingerprint density at radius 3 is 3.08 bits per heavy atom. The van der Waals surface area contributed by atoms with Crippen molar-refractivity contribution >= 4 is 21.9 Å². The Hall–Kier alpha value is -0.840. The van der Waals surface area contributed by atoms with Crippen LogP contribution in [-0.4, -0.2) is 22.4 Å². The maximum atomic E-state index is 10.9. The first-order valence-electron chi connectivity index (χ1n) is 3.56. The largest absolute Gasteiger partial charge is 0.465 e. The molecule has 1 rings (SSSR count). The zero-order valence-electron chi connectivity index (χ0n) is 6.66. The lowest BCUT2D eigenvalue weighted by Crippen LogP contribution is -2.13. The van der Waals surface area contributed by atoms with Crippen molar-refractivity contribution in [2.75, 3.05) is 6.61 Å². The SMILES string of the molecule is CCOC(=O)Cn1cc(Br)cn1. The molecule has 0 aliphatic rings. The van der Waals surface area contributed by atoms with Gasteiger partial charge in [-0.3, -0.25) is 9.48 Å². The molecule has 1 aromatic heterocycles. The number of carbonyl (C=O) groups is 1. The van der Waals surface area contributed by atoms with E-state index in [4.69, 9.17) is 4.74 Å². The van der Waals surface area contributed by atoms with E-state index in [1.165, 1.54) is 4.68 Å². The molecule has 4 nitrogen and oxygen atoms in total. The van der Waals surface area contributed by atoms with E-state index in [0.717, 1.165) is 4.47 Å². The quantitative estimate of drug-likeness (QED) is 0.737. The van der Waals surface area contributed by atoms with Crippen LogP contribution in [0.1, 0.15) is 6.92 Å². The molecule has 1 heterocycles. The van der Waals surface area contributed by atoms with Crippen molar-refractivity contribution < 1.29 is 9.53 Å². The first-order valence-corrected chi connectivity index (χ1v) is 4.35. The second-order valence-corrected chi connectivity index (χ2v) is 3.08. The van der Waals surface area contributed by atoms with E-state index in [2.05, 4.69) is 21.0 Å². The summed E-state index contributed by atoms with van der Waals surface area (Å²) in [6.07, 6.45) is 3.34. The van der Waals surface area contributed by atoms with Gasteiger partial charge in [-0.1, -0.05) is 0 Å². The van der Waals surface area contributed by atoms with Crippen molar-refractivity contribution in [3.8, 4) is 0 Å². The van der Waals surface area contributed by atoms with E-state index in [0.29, 0.717) is 6.61 Å². The lowest BCUT2D eigenvalue weighted by molar-refractivity contribution is -0.144. The summed E-state index contributed by atoms with van der Waals surface area (Å²) in [6, 6.07) is 0. The highest BCUT2D eigenvalue weighted by Crippen LogP contribution is 2.05. The summed E-state index contributed by atoms with van der Waals surface area (Å²) in [5.41, 5.74) is 0. The molecule has 0 radical (unpaired) electrons. The molecule has 0 fully saturated rings. The van der Waals surface area contributed by atoms with Crippen molar-refractivity contribution in [1.29, 1.82) is 0 Å². The number of ether oxygens (including phenoxy) is 1. The Labute approximate surface area is 78.6 Å². The highest BCUT2D eigenvalue weighted by atomic mass is 79.9. The van der Waals surface area contributed by atoms with Gasteiger partial charge in [-0.15, -0.1) is 0 Å². The number of hydrogen-bond donors (Lipinski definition) is 0. The predicted molar refractivity (Wildman–Crippen MR) is 46.6 cm³/mol. The summed E-state index contributed by atoms with van der Waals surface area (Å²) in [4.78, 5) is 10.9. The fourth-order valence-corrected chi connectivity index (χ4v) is 1.09. The van der Waals surface area contributed by atoms with Crippen LogP contribution in [0.25, 0.3) is 0 Å². The molecule has 0 atom stereocenters. The van der Waals surface area contributed by atoms with Crippen LogP contribution in [0.2, 0.25) is 0 Å². The summed E-state index contributed by atoms with van der Waals surface area (Å²) < 4.78 is 7.11. The summed E-state index contributed by atoms with van der Waals surface area (Å²) in [6.45, 7) is 2.34. The van der Waals surface area contributed by atoms with Gasteiger partial charge < -0.3 is 4.74 Å². The van der Waals surface area contributed by atoms with Gasteiger partial charge in [0.1, 0.15) is 6.54 Å². The van der Waals surface area contributed by atoms with Crippen LogP contribution in [0.3, 0.4) is 0 Å². The fourth-order valence-electron chi connectivity index (χ4n) is 0.764. The summed E-state index contributed by atoms with van der Waals surface area (Å²) in [7, 11) is 0. The average molecular weight is 233 g/mol. The molecule has 0 bridgehead atoms. The second-order valence-electron chi connectivity index (χ2n) is 2.16. The maximum absolute atomic E-state index is 10.9. The van der Waals surface area contributed by atoms with Gasteiger partial charge in [0.25, 0.3) is 0 Å². The third-order valence-corrected chi connectivity index (χ3v) is 1.61. The molecule has 0 aliphatic heterocycles. The maximum Gasteiger partial charge on any atom is 0.327 e. The molecule has 0 unspecified atom stereocenters. The lowest BCUT2D eigenvalue weighted by atomic mass is 10.6. The van der Waals surface area contributed by atoms with Crippen LogP contribution >= 0.6 is 15.9 Å². The van der Waals surface area contributed by atoms with Crippen molar-refractivity contribution in [3.63, 3.8) is 0 Å². The number of carbonyl (C=O) groups excluding carboxylic acids is 1.